The van der Waals surface area contributed by atoms with Gasteiger partial charge in [-0.2, -0.15) is 0 Å². The maximum atomic E-state index is 10.6. The van der Waals surface area contributed by atoms with Gasteiger partial charge in [0.2, 0.25) is 0 Å². The molecule has 1 saturated heterocycles. The molecule has 1 atom stereocenters. The van der Waals surface area contributed by atoms with Gasteiger partial charge >= 0.3 is 0 Å². The predicted octanol–water partition coefficient (Wildman–Crippen LogP) is 2.70. The third-order valence-electron chi connectivity index (χ3n) is 5.45. The summed E-state index contributed by atoms with van der Waals surface area (Å²) in [4.78, 5) is 13.2. The lowest BCUT2D eigenvalue weighted by atomic mass is 9.91. The smallest absolute Gasteiger partial charge is 0.137 e. The number of rotatable bonds is 4. The van der Waals surface area contributed by atoms with Crippen LogP contribution in [-0.2, 0) is 26.4 Å². The van der Waals surface area contributed by atoms with Crippen molar-refractivity contribution in [1.82, 2.24) is 19.4 Å². The highest BCUT2D eigenvalue weighted by Crippen LogP contribution is 2.32. The van der Waals surface area contributed by atoms with Crippen LogP contribution < -0.4 is 0 Å². The molecule has 0 radical (unpaired) electrons. The number of nitrogens with zero attached hydrogens (tertiary/aromatic N) is 4. The number of likely N-dealkylation sites (tertiary alicyclic amines) is 1. The Bertz CT molecular complexity index is 664. The summed E-state index contributed by atoms with van der Waals surface area (Å²) in [6, 6.07) is 0. The maximum absolute atomic E-state index is 10.6. The molecule has 0 saturated carbocycles. The van der Waals surface area contributed by atoms with Crippen LogP contribution in [0.5, 0.6) is 0 Å². The molecule has 5 nitrogen and oxygen atoms in total. The molecule has 2 aliphatic rings. The van der Waals surface area contributed by atoms with E-state index in [0.717, 1.165) is 38.3 Å². The topological polar surface area (TPSA) is 54.2 Å². The van der Waals surface area contributed by atoms with Gasteiger partial charge in [-0.15, -0.1) is 11.3 Å². The average Bonchev–Trinajstić information content (AvgIpc) is 3.20. The van der Waals surface area contributed by atoms with E-state index in [1.807, 2.05) is 29.1 Å². The minimum absolute atomic E-state index is 0.312. The van der Waals surface area contributed by atoms with Crippen LogP contribution in [0.25, 0.3) is 0 Å². The van der Waals surface area contributed by atoms with Gasteiger partial charge in [-0.05, 0) is 57.5 Å². The molecular formula is C18H26N4OS. The van der Waals surface area contributed by atoms with Gasteiger partial charge < -0.3 is 9.67 Å². The van der Waals surface area contributed by atoms with Crippen molar-refractivity contribution in [1.29, 1.82) is 0 Å². The van der Waals surface area contributed by atoms with Gasteiger partial charge in [0, 0.05) is 24.3 Å². The minimum Gasteiger partial charge on any atom is -0.385 e. The maximum Gasteiger partial charge on any atom is 0.137 e. The summed E-state index contributed by atoms with van der Waals surface area (Å²) in [5.41, 5.74) is 1.36. The second-order valence-electron chi connectivity index (χ2n) is 7.14. The third kappa shape index (κ3) is 3.27. The molecule has 0 amide bonds. The van der Waals surface area contributed by atoms with Gasteiger partial charge in [0.1, 0.15) is 16.9 Å². The van der Waals surface area contributed by atoms with E-state index in [1.54, 1.807) is 6.20 Å². The summed E-state index contributed by atoms with van der Waals surface area (Å²) in [5, 5.41) is 11.9. The molecule has 2 aromatic heterocycles. The van der Waals surface area contributed by atoms with Crippen molar-refractivity contribution in [2.24, 2.45) is 13.0 Å². The van der Waals surface area contributed by atoms with Crippen molar-refractivity contribution in [2.75, 3.05) is 13.1 Å². The van der Waals surface area contributed by atoms with E-state index in [1.165, 1.54) is 41.3 Å². The van der Waals surface area contributed by atoms with Crippen LogP contribution >= 0.6 is 11.3 Å². The Kier molecular flexibility index (Phi) is 4.70. The number of aryl methyl sites for hydroxylation is 3. The monoisotopic (exact) mass is 346 g/mol. The van der Waals surface area contributed by atoms with Crippen molar-refractivity contribution in [3.63, 3.8) is 0 Å². The summed E-state index contributed by atoms with van der Waals surface area (Å²) < 4.78 is 1.93. The number of piperidine rings is 1. The lowest BCUT2D eigenvalue weighted by molar-refractivity contribution is 0.0492. The first-order valence-corrected chi connectivity index (χ1v) is 9.87. The van der Waals surface area contributed by atoms with Crippen LogP contribution in [0, 0.1) is 5.92 Å². The van der Waals surface area contributed by atoms with E-state index in [9.17, 15) is 5.11 Å². The predicted molar refractivity (Wildman–Crippen MR) is 94.9 cm³/mol. The van der Waals surface area contributed by atoms with Crippen LogP contribution in [-0.4, -0.2) is 37.6 Å². The lowest BCUT2D eigenvalue weighted by Gasteiger charge is -2.33. The summed E-state index contributed by atoms with van der Waals surface area (Å²) in [7, 11) is 1.95. The first-order chi connectivity index (χ1) is 11.7. The van der Waals surface area contributed by atoms with Crippen molar-refractivity contribution in [3.05, 3.63) is 33.8 Å². The Morgan fingerprint density at radius 2 is 2.08 bits per heavy atom. The third-order valence-corrected chi connectivity index (χ3v) is 6.59. The number of aromatic nitrogens is 3. The first-order valence-electron chi connectivity index (χ1n) is 9.06. The van der Waals surface area contributed by atoms with Crippen molar-refractivity contribution in [3.8, 4) is 0 Å². The van der Waals surface area contributed by atoms with Crippen LogP contribution in [0.3, 0.4) is 0 Å². The van der Waals surface area contributed by atoms with Crippen molar-refractivity contribution >= 4 is 11.3 Å². The standard InChI is InChI=1S/C18H26N4OS/c1-21-11-8-19-18(21)17(23)13-6-9-22(10-7-13)12-16-20-14-4-2-3-5-15(14)24-16/h8,11,13,17,23H,2-7,9-10,12H2,1H3/t17-/m0/s1. The molecular weight excluding hydrogens is 320 g/mol. The van der Waals surface area contributed by atoms with Crippen LogP contribution in [0.15, 0.2) is 12.4 Å². The highest BCUT2D eigenvalue weighted by Gasteiger charge is 2.29. The fraction of sp³-hybridized carbons (Fsp3) is 0.667. The Balaban J connectivity index is 1.33. The number of aliphatic hydroxyl groups excluding tert-OH is 1. The molecule has 0 aromatic carbocycles. The van der Waals surface area contributed by atoms with E-state index in [0.29, 0.717) is 5.92 Å². The average molecular weight is 347 g/mol. The number of thiazole rings is 1. The second-order valence-corrected chi connectivity index (χ2v) is 8.31. The Morgan fingerprint density at radius 3 is 2.79 bits per heavy atom. The van der Waals surface area contributed by atoms with Crippen molar-refractivity contribution in [2.45, 2.75) is 51.2 Å². The molecule has 2 aromatic rings. The van der Waals surface area contributed by atoms with Crippen LogP contribution in [0.4, 0.5) is 0 Å². The van der Waals surface area contributed by atoms with E-state index in [4.69, 9.17) is 4.98 Å². The summed E-state index contributed by atoms with van der Waals surface area (Å²) in [6.45, 7) is 3.05. The molecule has 130 valence electrons. The number of aliphatic hydroxyl groups is 1. The molecule has 1 N–H and O–H groups in total. The number of hydrogen-bond acceptors (Lipinski definition) is 5. The van der Waals surface area contributed by atoms with Gasteiger partial charge in [0.15, 0.2) is 0 Å². The van der Waals surface area contributed by atoms with Gasteiger partial charge in [0.25, 0.3) is 0 Å². The summed E-state index contributed by atoms with van der Waals surface area (Å²) >= 11 is 1.92. The lowest BCUT2D eigenvalue weighted by Crippen LogP contribution is -2.35. The second kappa shape index (κ2) is 6.94. The van der Waals surface area contributed by atoms with Gasteiger partial charge in [-0.25, -0.2) is 9.97 Å². The number of imidazole rings is 1. The molecule has 24 heavy (non-hydrogen) atoms. The van der Waals surface area contributed by atoms with Crippen molar-refractivity contribution < 1.29 is 5.11 Å². The molecule has 1 fully saturated rings. The quantitative estimate of drug-likeness (QED) is 0.925. The van der Waals surface area contributed by atoms with E-state index in [2.05, 4.69) is 9.88 Å². The molecule has 3 heterocycles. The molecule has 1 aliphatic heterocycles. The van der Waals surface area contributed by atoms with Gasteiger partial charge in [-0.3, -0.25) is 4.90 Å². The fourth-order valence-electron chi connectivity index (χ4n) is 3.96. The molecule has 4 rings (SSSR count). The summed E-state index contributed by atoms with van der Waals surface area (Å²) in [6.07, 6.45) is 10.3. The first kappa shape index (κ1) is 16.2. The zero-order valence-electron chi connectivity index (χ0n) is 14.3. The fourth-order valence-corrected chi connectivity index (χ4v) is 5.16. The Hall–Kier alpha value is -1.24. The molecule has 1 aliphatic carbocycles. The summed E-state index contributed by atoms with van der Waals surface area (Å²) in [5.74, 6) is 1.10. The molecule has 0 spiro atoms. The van der Waals surface area contributed by atoms with Crippen LogP contribution in [0.2, 0.25) is 0 Å². The Labute approximate surface area is 147 Å². The molecule has 0 bridgehead atoms. The zero-order chi connectivity index (χ0) is 16.5. The van der Waals surface area contributed by atoms with E-state index < -0.39 is 6.10 Å². The normalized spacial score (nSPS) is 20.9. The largest absolute Gasteiger partial charge is 0.385 e. The Morgan fingerprint density at radius 1 is 1.29 bits per heavy atom. The van der Waals surface area contributed by atoms with Gasteiger partial charge in [0.05, 0.1) is 12.2 Å². The molecule has 6 heteroatoms. The SMILES string of the molecule is Cn1ccnc1[C@@H](O)C1CCN(Cc2nc3c(s2)CCCC3)CC1. The highest BCUT2D eigenvalue weighted by atomic mass is 32.1. The van der Waals surface area contributed by atoms with Gasteiger partial charge in [-0.1, -0.05) is 0 Å². The molecule has 0 unspecified atom stereocenters. The minimum atomic E-state index is -0.445. The number of fused-ring (bicyclic) bond motifs is 1. The zero-order valence-corrected chi connectivity index (χ0v) is 15.1. The van der Waals surface area contributed by atoms with Crippen LogP contribution in [0.1, 0.15) is 53.2 Å². The van der Waals surface area contributed by atoms with E-state index >= 15 is 0 Å². The van der Waals surface area contributed by atoms with E-state index in [-0.39, 0.29) is 0 Å². The number of hydrogen-bond donors (Lipinski definition) is 1. The highest BCUT2D eigenvalue weighted by molar-refractivity contribution is 7.11.